The fraction of sp³-hybridized carbons (Fsp3) is 0.625. The molecule has 0 radical (unpaired) electrons. The lowest BCUT2D eigenvalue weighted by Crippen LogP contribution is -2.15. The average molecular weight is 308 g/mol. The van der Waals surface area contributed by atoms with Crippen molar-refractivity contribution in [1.82, 2.24) is 4.98 Å². The quantitative estimate of drug-likeness (QED) is 0.568. The zero-order valence-corrected chi connectivity index (χ0v) is 13.4. The molecule has 5 N–H and O–H groups in total. The van der Waals surface area contributed by atoms with Gasteiger partial charge in [0.1, 0.15) is 11.6 Å². The van der Waals surface area contributed by atoms with E-state index < -0.39 is 6.09 Å². The third-order valence-electron chi connectivity index (χ3n) is 3.42. The Morgan fingerprint density at radius 3 is 2.36 bits per heavy atom. The predicted molar refractivity (Wildman–Crippen MR) is 90.6 cm³/mol. The standard InChI is InChI=1S/C16H28N4O2/c1-2-3-4-5-6-7-8-9-12-22-16(21)20-14-11-10-13(17)15(18)19-14/h10-11H,2-9,12,17H2,1H3,(H3,18,19,20,21). The van der Waals surface area contributed by atoms with E-state index in [0.29, 0.717) is 18.1 Å². The van der Waals surface area contributed by atoms with Gasteiger partial charge in [0.05, 0.1) is 12.3 Å². The number of unbranched alkanes of at least 4 members (excludes halogenated alkanes) is 7. The van der Waals surface area contributed by atoms with Gasteiger partial charge in [-0.25, -0.2) is 9.78 Å². The highest BCUT2D eigenvalue weighted by Gasteiger charge is 2.05. The van der Waals surface area contributed by atoms with E-state index in [1.54, 1.807) is 12.1 Å². The molecular formula is C16H28N4O2. The molecular weight excluding hydrogens is 280 g/mol. The smallest absolute Gasteiger partial charge is 0.412 e. The van der Waals surface area contributed by atoms with Crippen molar-refractivity contribution in [1.29, 1.82) is 0 Å². The highest BCUT2D eigenvalue weighted by Crippen LogP contribution is 2.14. The van der Waals surface area contributed by atoms with Crippen molar-refractivity contribution >= 4 is 23.4 Å². The molecule has 0 aliphatic rings. The van der Waals surface area contributed by atoms with E-state index in [9.17, 15) is 4.79 Å². The number of nitrogen functional groups attached to an aromatic ring is 2. The number of hydrogen-bond acceptors (Lipinski definition) is 5. The Bertz CT molecular complexity index is 452. The van der Waals surface area contributed by atoms with Crippen LogP contribution in [-0.4, -0.2) is 17.7 Å². The van der Waals surface area contributed by atoms with Crippen LogP contribution in [0.15, 0.2) is 12.1 Å². The number of anilines is 3. The maximum absolute atomic E-state index is 11.6. The van der Waals surface area contributed by atoms with Crippen LogP contribution in [0.5, 0.6) is 0 Å². The molecule has 0 bridgehead atoms. The molecule has 0 saturated heterocycles. The topological polar surface area (TPSA) is 103 Å². The van der Waals surface area contributed by atoms with E-state index in [4.69, 9.17) is 16.2 Å². The van der Waals surface area contributed by atoms with Crippen LogP contribution in [0.25, 0.3) is 0 Å². The number of ether oxygens (including phenoxy) is 1. The summed E-state index contributed by atoms with van der Waals surface area (Å²) in [5.41, 5.74) is 11.5. The molecule has 0 aliphatic heterocycles. The summed E-state index contributed by atoms with van der Waals surface area (Å²) in [5, 5.41) is 2.53. The molecule has 6 nitrogen and oxygen atoms in total. The van der Waals surface area contributed by atoms with Crippen molar-refractivity contribution in [3.05, 3.63) is 12.1 Å². The zero-order valence-electron chi connectivity index (χ0n) is 13.4. The Labute approximate surface area is 132 Å². The number of nitrogens with zero attached hydrogens (tertiary/aromatic N) is 1. The fourth-order valence-electron chi connectivity index (χ4n) is 2.10. The number of pyridine rings is 1. The van der Waals surface area contributed by atoms with Gasteiger partial charge in [0, 0.05) is 0 Å². The lowest BCUT2D eigenvalue weighted by Gasteiger charge is -2.07. The molecule has 1 aromatic heterocycles. The van der Waals surface area contributed by atoms with Gasteiger partial charge in [-0.15, -0.1) is 0 Å². The molecule has 0 saturated carbocycles. The number of nitrogens with one attached hydrogen (secondary N) is 1. The van der Waals surface area contributed by atoms with Crippen molar-refractivity contribution in [2.24, 2.45) is 0 Å². The summed E-state index contributed by atoms with van der Waals surface area (Å²) in [7, 11) is 0. The van der Waals surface area contributed by atoms with Crippen molar-refractivity contribution in [3.8, 4) is 0 Å². The maximum Gasteiger partial charge on any atom is 0.412 e. The van der Waals surface area contributed by atoms with Crippen LogP contribution in [-0.2, 0) is 4.74 Å². The molecule has 0 unspecified atom stereocenters. The third-order valence-corrected chi connectivity index (χ3v) is 3.42. The minimum atomic E-state index is -0.514. The van der Waals surface area contributed by atoms with Gasteiger partial charge < -0.3 is 16.2 Å². The first-order chi connectivity index (χ1) is 10.6. The number of hydrogen-bond donors (Lipinski definition) is 3. The van der Waals surface area contributed by atoms with Crippen molar-refractivity contribution < 1.29 is 9.53 Å². The molecule has 6 heteroatoms. The Balaban J connectivity index is 2.05. The van der Waals surface area contributed by atoms with Crippen LogP contribution in [0.3, 0.4) is 0 Å². The Hall–Kier alpha value is -1.98. The van der Waals surface area contributed by atoms with Gasteiger partial charge >= 0.3 is 6.09 Å². The lowest BCUT2D eigenvalue weighted by molar-refractivity contribution is 0.159. The third kappa shape index (κ3) is 7.71. The number of carbonyl (C=O) groups excluding carboxylic acids is 1. The largest absolute Gasteiger partial charge is 0.449 e. The van der Waals surface area contributed by atoms with E-state index in [1.807, 2.05) is 0 Å². The average Bonchev–Trinajstić information content (AvgIpc) is 2.49. The summed E-state index contributed by atoms with van der Waals surface area (Å²) in [5.74, 6) is 0.536. The van der Waals surface area contributed by atoms with Gasteiger partial charge in [-0.1, -0.05) is 51.9 Å². The van der Waals surface area contributed by atoms with Gasteiger partial charge in [-0.2, -0.15) is 0 Å². The molecule has 124 valence electrons. The van der Waals surface area contributed by atoms with E-state index in [-0.39, 0.29) is 5.82 Å². The first kappa shape index (κ1) is 18.1. The highest BCUT2D eigenvalue weighted by atomic mass is 16.5. The van der Waals surface area contributed by atoms with Gasteiger partial charge in [0.2, 0.25) is 0 Å². The van der Waals surface area contributed by atoms with Crippen LogP contribution in [0.2, 0.25) is 0 Å². The lowest BCUT2D eigenvalue weighted by atomic mass is 10.1. The number of amides is 1. The summed E-state index contributed by atoms with van der Waals surface area (Å²) in [4.78, 5) is 15.5. The molecule has 22 heavy (non-hydrogen) atoms. The molecule has 1 rings (SSSR count). The van der Waals surface area contributed by atoms with Crippen molar-refractivity contribution in [3.63, 3.8) is 0 Å². The fourth-order valence-corrected chi connectivity index (χ4v) is 2.10. The van der Waals surface area contributed by atoms with Crippen LogP contribution in [0.1, 0.15) is 58.3 Å². The Morgan fingerprint density at radius 1 is 1.09 bits per heavy atom. The minimum Gasteiger partial charge on any atom is -0.449 e. The second-order valence-corrected chi connectivity index (χ2v) is 5.41. The molecule has 0 atom stereocenters. The molecule has 0 fully saturated rings. The number of nitrogens with two attached hydrogens (primary N) is 2. The molecule has 1 heterocycles. The maximum atomic E-state index is 11.6. The summed E-state index contributed by atoms with van der Waals surface area (Å²) < 4.78 is 5.10. The van der Waals surface area contributed by atoms with E-state index >= 15 is 0 Å². The Kier molecular flexibility index (Phi) is 8.79. The van der Waals surface area contributed by atoms with Gasteiger partial charge in [0.25, 0.3) is 0 Å². The molecule has 0 aromatic carbocycles. The Morgan fingerprint density at radius 2 is 1.73 bits per heavy atom. The van der Waals surface area contributed by atoms with Gasteiger partial charge in [-0.05, 0) is 18.6 Å². The van der Waals surface area contributed by atoms with Crippen LogP contribution in [0.4, 0.5) is 22.1 Å². The molecule has 1 aromatic rings. The first-order valence-electron chi connectivity index (χ1n) is 8.09. The first-order valence-corrected chi connectivity index (χ1v) is 8.09. The second kappa shape index (κ2) is 10.7. The van der Waals surface area contributed by atoms with Crippen molar-refractivity contribution in [2.45, 2.75) is 58.3 Å². The summed E-state index contributed by atoms with van der Waals surface area (Å²) in [6.07, 6.45) is 9.16. The monoisotopic (exact) mass is 308 g/mol. The normalized spacial score (nSPS) is 10.4. The minimum absolute atomic E-state index is 0.195. The van der Waals surface area contributed by atoms with Crippen LogP contribution in [0, 0.1) is 0 Å². The van der Waals surface area contributed by atoms with Crippen LogP contribution >= 0.6 is 0 Å². The van der Waals surface area contributed by atoms with Gasteiger partial charge in [-0.3, -0.25) is 5.32 Å². The summed E-state index contributed by atoms with van der Waals surface area (Å²) >= 11 is 0. The SMILES string of the molecule is CCCCCCCCCCOC(=O)Nc1ccc(N)c(N)n1. The number of rotatable bonds is 10. The van der Waals surface area contributed by atoms with E-state index in [1.165, 1.54) is 38.5 Å². The van der Waals surface area contributed by atoms with Crippen molar-refractivity contribution in [2.75, 3.05) is 23.4 Å². The predicted octanol–water partition coefficient (Wildman–Crippen LogP) is 3.94. The second-order valence-electron chi connectivity index (χ2n) is 5.41. The van der Waals surface area contributed by atoms with E-state index in [0.717, 1.165) is 12.8 Å². The number of carbonyl (C=O) groups is 1. The molecule has 1 amide bonds. The molecule has 0 spiro atoms. The summed E-state index contributed by atoms with van der Waals surface area (Å²) in [6, 6.07) is 3.18. The van der Waals surface area contributed by atoms with E-state index in [2.05, 4.69) is 17.2 Å². The van der Waals surface area contributed by atoms with Crippen LogP contribution < -0.4 is 16.8 Å². The number of aromatic nitrogens is 1. The molecule has 0 aliphatic carbocycles. The van der Waals surface area contributed by atoms with Gasteiger partial charge in [0.15, 0.2) is 0 Å². The zero-order chi connectivity index (χ0) is 16.2. The summed E-state index contributed by atoms with van der Waals surface area (Å²) in [6.45, 7) is 2.64. The highest BCUT2D eigenvalue weighted by molar-refractivity contribution is 5.84.